The largest absolute Gasteiger partial charge is 0.397 e. The summed E-state index contributed by atoms with van der Waals surface area (Å²) in [5.74, 6) is -2.82. The molecule has 0 saturated heterocycles. The Hall–Kier alpha value is -0.260. The van der Waals surface area contributed by atoms with Crippen molar-refractivity contribution in [2.24, 2.45) is 0 Å². The predicted octanol–water partition coefficient (Wildman–Crippen LogP) is 0.744. The molecule has 0 aliphatic rings. The van der Waals surface area contributed by atoms with Gasteiger partial charge in [-0.3, -0.25) is 0 Å². The van der Waals surface area contributed by atoms with E-state index in [0.717, 1.165) is 7.11 Å². The smallest absolute Gasteiger partial charge is 0.338 e. The maximum atomic E-state index is 11.7. The molecule has 0 fully saturated rings. The van der Waals surface area contributed by atoms with Gasteiger partial charge in [-0.25, -0.2) is 0 Å². The maximum absolute atomic E-state index is 11.7. The summed E-state index contributed by atoms with van der Waals surface area (Å²) >= 11 is 0. The van der Waals surface area contributed by atoms with Gasteiger partial charge in [-0.05, 0) is 6.92 Å². The van der Waals surface area contributed by atoms with Crippen LogP contribution in [0, 0.1) is 6.43 Å². The predicted molar refractivity (Wildman–Crippen MR) is 29.0 cm³/mol. The monoisotopic (exact) mass is 155 g/mol. The van der Waals surface area contributed by atoms with Crippen LogP contribution in [-0.2, 0) is 9.47 Å². The minimum Gasteiger partial charge on any atom is -0.338 e. The Morgan fingerprint density at radius 3 is 2.20 bits per heavy atom. The summed E-state index contributed by atoms with van der Waals surface area (Å²) in [4.78, 5) is 0. The molecule has 0 aromatic rings. The van der Waals surface area contributed by atoms with Crippen LogP contribution in [0.5, 0.6) is 0 Å². The fourth-order valence-corrected chi connectivity index (χ4v) is 0.386. The molecule has 0 spiro atoms. The Morgan fingerprint density at radius 2 is 2.10 bits per heavy atom. The van der Waals surface area contributed by atoms with Gasteiger partial charge < -0.3 is 14.6 Å². The Bertz CT molecular complexity index is 98.9. The van der Waals surface area contributed by atoms with E-state index in [1.165, 1.54) is 6.92 Å². The Labute approximate surface area is 57.6 Å². The first-order valence-corrected chi connectivity index (χ1v) is 2.66. The molecule has 0 heterocycles. The van der Waals surface area contributed by atoms with E-state index < -0.39 is 12.4 Å². The Morgan fingerprint density at radius 1 is 1.60 bits per heavy atom. The van der Waals surface area contributed by atoms with E-state index in [1.54, 1.807) is 0 Å². The highest BCUT2D eigenvalue weighted by molar-refractivity contribution is 4.73. The Kier molecular flexibility index (Phi) is 3.70. The second-order valence-electron chi connectivity index (χ2n) is 1.48. The van der Waals surface area contributed by atoms with Crippen molar-refractivity contribution in [2.75, 3.05) is 13.7 Å². The van der Waals surface area contributed by atoms with E-state index in [4.69, 9.17) is 5.11 Å². The third kappa shape index (κ3) is 2.17. The van der Waals surface area contributed by atoms with Crippen LogP contribution in [0.15, 0.2) is 0 Å². The number of aliphatic hydroxyl groups is 1. The van der Waals surface area contributed by atoms with E-state index in [0.29, 0.717) is 0 Å². The first-order chi connectivity index (χ1) is 4.56. The van der Waals surface area contributed by atoms with E-state index in [9.17, 15) is 8.78 Å². The summed E-state index contributed by atoms with van der Waals surface area (Å²) < 4.78 is 31.5. The number of rotatable bonds is 4. The van der Waals surface area contributed by atoms with E-state index in [1.807, 2.05) is 0 Å². The molecule has 0 saturated carbocycles. The molecule has 61 valence electrons. The van der Waals surface area contributed by atoms with Crippen molar-refractivity contribution in [3.8, 4) is 0 Å². The zero-order valence-electron chi connectivity index (χ0n) is 5.73. The summed E-state index contributed by atoms with van der Waals surface area (Å²) in [5, 5.41) is 8.67. The topological polar surface area (TPSA) is 38.7 Å². The molecule has 1 N–H and O–H groups in total. The van der Waals surface area contributed by atoms with Crippen LogP contribution in [0.25, 0.3) is 0 Å². The minimum absolute atomic E-state index is 0.0539. The van der Waals surface area contributed by atoms with Crippen molar-refractivity contribution in [3.05, 3.63) is 6.43 Å². The summed E-state index contributed by atoms with van der Waals surface area (Å²) in [6, 6.07) is 0. The molecule has 0 aliphatic carbocycles. The zero-order valence-corrected chi connectivity index (χ0v) is 5.73. The van der Waals surface area contributed by atoms with Crippen LogP contribution >= 0.6 is 0 Å². The molecule has 0 bridgehead atoms. The number of ether oxygens (including phenoxy) is 2. The molecule has 1 radical (unpaired) electrons. The molecule has 0 aromatic carbocycles. The summed E-state index contributed by atoms with van der Waals surface area (Å²) in [7, 11) is 0.925. The van der Waals surface area contributed by atoms with Crippen LogP contribution in [0.4, 0.5) is 8.78 Å². The van der Waals surface area contributed by atoms with Gasteiger partial charge in [0.15, 0.2) is 0 Å². The second kappa shape index (κ2) is 3.80. The first-order valence-electron chi connectivity index (χ1n) is 2.66. The lowest BCUT2D eigenvalue weighted by Crippen LogP contribution is -2.37. The highest BCUT2D eigenvalue weighted by Gasteiger charge is 2.41. The molecule has 0 aliphatic heterocycles. The molecule has 1 atom stereocenters. The Balaban J connectivity index is 3.94. The van der Waals surface area contributed by atoms with Crippen molar-refractivity contribution in [1.82, 2.24) is 0 Å². The van der Waals surface area contributed by atoms with Gasteiger partial charge in [-0.15, -0.1) is 0 Å². The van der Waals surface area contributed by atoms with Crippen molar-refractivity contribution < 1.29 is 23.4 Å². The molecular formula is C5H9F2O3. The molecule has 3 nitrogen and oxygen atoms in total. The van der Waals surface area contributed by atoms with Gasteiger partial charge in [0.05, 0.1) is 0 Å². The SMILES string of the molecule is CCOC(O)(OC)[C](F)F. The van der Waals surface area contributed by atoms with Crippen LogP contribution < -0.4 is 0 Å². The molecule has 10 heavy (non-hydrogen) atoms. The lowest BCUT2D eigenvalue weighted by atomic mass is 10.6. The number of methoxy groups -OCH3 is 1. The van der Waals surface area contributed by atoms with E-state index in [2.05, 4.69) is 9.47 Å². The maximum Gasteiger partial charge on any atom is 0.397 e. The quantitative estimate of drug-likeness (QED) is 0.608. The van der Waals surface area contributed by atoms with E-state index >= 15 is 0 Å². The summed E-state index contributed by atoms with van der Waals surface area (Å²) in [6.45, 7) is 1.41. The number of hydrogen-bond acceptors (Lipinski definition) is 3. The molecule has 0 amide bonds. The first kappa shape index (κ1) is 9.74. The second-order valence-corrected chi connectivity index (χ2v) is 1.48. The highest BCUT2D eigenvalue weighted by Crippen LogP contribution is 2.24. The van der Waals surface area contributed by atoms with Gasteiger partial charge in [0, 0.05) is 13.7 Å². The summed E-state index contributed by atoms with van der Waals surface area (Å²) in [5.41, 5.74) is 0. The van der Waals surface area contributed by atoms with Crippen LogP contribution in [-0.4, -0.2) is 24.8 Å². The fourth-order valence-electron chi connectivity index (χ4n) is 0.386. The van der Waals surface area contributed by atoms with Gasteiger partial charge in [-0.1, -0.05) is 0 Å². The third-order valence-corrected chi connectivity index (χ3v) is 0.855. The van der Waals surface area contributed by atoms with Crippen LogP contribution in [0.1, 0.15) is 6.92 Å². The standard InChI is InChI=1S/C5H9F2O3/c1-3-10-5(8,9-2)4(6)7/h8H,3H2,1-2H3. The van der Waals surface area contributed by atoms with Crippen molar-refractivity contribution in [2.45, 2.75) is 12.9 Å². The highest BCUT2D eigenvalue weighted by atomic mass is 19.3. The zero-order chi connectivity index (χ0) is 8.20. The molecule has 1 unspecified atom stereocenters. The van der Waals surface area contributed by atoms with Gasteiger partial charge in [0.25, 0.3) is 0 Å². The van der Waals surface area contributed by atoms with Crippen LogP contribution in [0.3, 0.4) is 0 Å². The van der Waals surface area contributed by atoms with Crippen LogP contribution in [0.2, 0.25) is 0 Å². The molecule has 0 aromatic heterocycles. The normalized spacial score (nSPS) is 17.4. The van der Waals surface area contributed by atoms with Gasteiger partial charge in [0.1, 0.15) is 0 Å². The van der Waals surface area contributed by atoms with Gasteiger partial charge in [-0.2, -0.15) is 8.78 Å². The average Bonchev–Trinajstić information content (AvgIpc) is 1.88. The average molecular weight is 155 g/mol. The third-order valence-electron chi connectivity index (χ3n) is 0.855. The van der Waals surface area contributed by atoms with Crippen molar-refractivity contribution in [1.29, 1.82) is 0 Å². The molecule has 0 rings (SSSR count). The number of halogens is 2. The lowest BCUT2D eigenvalue weighted by molar-refractivity contribution is -0.362. The molecular weight excluding hydrogens is 146 g/mol. The lowest BCUT2D eigenvalue weighted by Gasteiger charge is -2.22. The number of hydrogen-bond donors (Lipinski definition) is 1. The van der Waals surface area contributed by atoms with Gasteiger partial charge in [0.2, 0.25) is 0 Å². The minimum atomic E-state index is -2.82. The van der Waals surface area contributed by atoms with Crippen molar-refractivity contribution >= 4 is 0 Å². The van der Waals surface area contributed by atoms with E-state index in [-0.39, 0.29) is 6.61 Å². The van der Waals surface area contributed by atoms with Gasteiger partial charge >= 0.3 is 12.4 Å². The molecule has 5 heteroatoms. The summed E-state index contributed by atoms with van der Waals surface area (Å²) in [6.07, 6.45) is -2.31. The van der Waals surface area contributed by atoms with Crippen molar-refractivity contribution in [3.63, 3.8) is 0 Å². The fraction of sp³-hybridized carbons (Fsp3) is 0.800.